The first kappa shape index (κ1) is 19.1. The molecule has 1 N–H and O–H groups in total. The Morgan fingerprint density at radius 2 is 1.75 bits per heavy atom. The van der Waals surface area contributed by atoms with Crippen molar-refractivity contribution in [2.24, 2.45) is 0 Å². The van der Waals surface area contributed by atoms with E-state index in [2.05, 4.69) is 32.5 Å². The third-order valence-electron chi connectivity index (χ3n) is 4.65. The molecule has 1 aliphatic heterocycles. The number of nitrogens with zero attached hydrogens (tertiary/aromatic N) is 3. The number of aromatic nitrogens is 2. The highest BCUT2D eigenvalue weighted by Gasteiger charge is 2.13. The van der Waals surface area contributed by atoms with E-state index in [-0.39, 0.29) is 5.91 Å². The van der Waals surface area contributed by atoms with Crippen LogP contribution in [0.3, 0.4) is 0 Å². The van der Waals surface area contributed by atoms with Crippen molar-refractivity contribution in [1.29, 1.82) is 0 Å². The predicted octanol–water partition coefficient (Wildman–Crippen LogP) is 4.68. The maximum Gasteiger partial charge on any atom is 0.257 e. The second-order valence-corrected chi connectivity index (χ2v) is 8.98. The fraction of sp³-hybridized carbons (Fsp3) is 0.286. The standard InChI is InChI=1S/C21H22N4OS2/c26-19(18-10-8-16(9-11-18)14-25-12-4-5-13-25)22-20-23-24-21(28-20)27-15-17-6-2-1-3-7-17/h1-3,6-11H,4-5,12-15H2,(H,22,23,26). The molecule has 2 aromatic carbocycles. The van der Waals surface area contributed by atoms with Crippen molar-refractivity contribution in [2.75, 3.05) is 18.4 Å². The Morgan fingerprint density at radius 1 is 1.00 bits per heavy atom. The van der Waals surface area contributed by atoms with Crippen LogP contribution in [0.1, 0.15) is 34.3 Å². The number of carbonyl (C=O) groups excluding carboxylic acids is 1. The lowest BCUT2D eigenvalue weighted by molar-refractivity contribution is 0.102. The van der Waals surface area contributed by atoms with Gasteiger partial charge in [-0.25, -0.2) is 0 Å². The number of hydrogen-bond acceptors (Lipinski definition) is 6. The first-order valence-corrected chi connectivity index (χ1v) is 11.2. The quantitative estimate of drug-likeness (QED) is 0.453. The van der Waals surface area contributed by atoms with Gasteiger partial charge in [-0.2, -0.15) is 0 Å². The Labute approximate surface area is 173 Å². The van der Waals surface area contributed by atoms with E-state index in [4.69, 9.17) is 0 Å². The molecular weight excluding hydrogens is 388 g/mol. The number of carbonyl (C=O) groups is 1. The lowest BCUT2D eigenvalue weighted by atomic mass is 10.1. The molecule has 0 radical (unpaired) electrons. The molecule has 0 spiro atoms. The number of likely N-dealkylation sites (tertiary alicyclic amines) is 1. The van der Waals surface area contributed by atoms with Gasteiger partial charge in [0.25, 0.3) is 5.91 Å². The van der Waals surface area contributed by atoms with Gasteiger partial charge in [-0.1, -0.05) is 65.6 Å². The summed E-state index contributed by atoms with van der Waals surface area (Å²) in [6, 6.07) is 18.1. The number of rotatable bonds is 7. The molecule has 4 rings (SSSR count). The highest BCUT2D eigenvalue weighted by atomic mass is 32.2. The van der Waals surface area contributed by atoms with Crippen LogP contribution in [0.2, 0.25) is 0 Å². The highest BCUT2D eigenvalue weighted by Crippen LogP contribution is 2.28. The summed E-state index contributed by atoms with van der Waals surface area (Å²) in [4.78, 5) is 14.9. The molecule has 1 amide bonds. The normalized spacial score (nSPS) is 14.3. The molecule has 0 bridgehead atoms. The maximum atomic E-state index is 12.5. The second kappa shape index (κ2) is 9.32. The Balaban J connectivity index is 1.30. The topological polar surface area (TPSA) is 58.1 Å². The fourth-order valence-corrected chi connectivity index (χ4v) is 4.87. The van der Waals surface area contributed by atoms with Crippen LogP contribution in [0.5, 0.6) is 0 Å². The van der Waals surface area contributed by atoms with Gasteiger partial charge in [-0.3, -0.25) is 15.0 Å². The van der Waals surface area contributed by atoms with Crippen LogP contribution in [0.15, 0.2) is 58.9 Å². The molecule has 1 aliphatic rings. The predicted molar refractivity (Wildman–Crippen MR) is 115 cm³/mol. The van der Waals surface area contributed by atoms with Gasteiger partial charge >= 0.3 is 0 Å². The molecule has 1 saturated heterocycles. The molecule has 3 aromatic rings. The van der Waals surface area contributed by atoms with Crippen molar-refractivity contribution in [3.8, 4) is 0 Å². The number of anilines is 1. The fourth-order valence-electron chi connectivity index (χ4n) is 3.17. The molecule has 0 aliphatic carbocycles. The largest absolute Gasteiger partial charge is 0.299 e. The van der Waals surface area contributed by atoms with E-state index in [0.29, 0.717) is 10.7 Å². The van der Waals surface area contributed by atoms with Crippen LogP contribution in [-0.4, -0.2) is 34.1 Å². The van der Waals surface area contributed by atoms with Crippen LogP contribution in [0.4, 0.5) is 5.13 Å². The average Bonchev–Trinajstić information content (AvgIpc) is 3.40. The number of thioether (sulfide) groups is 1. The maximum absolute atomic E-state index is 12.5. The molecule has 2 heterocycles. The summed E-state index contributed by atoms with van der Waals surface area (Å²) in [5.41, 5.74) is 3.12. The summed E-state index contributed by atoms with van der Waals surface area (Å²) in [5.74, 6) is 0.686. The number of benzene rings is 2. The third kappa shape index (κ3) is 5.19. The summed E-state index contributed by atoms with van der Waals surface area (Å²) in [7, 11) is 0. The third-order valence-corrected chi connectivity index (χ3v) is 6.70. The van der Waals surface area contributed by atoms with E-state index in [0.717, 1.165) is 16.6 Å². The molecule has 1 aromatic heterocycles. The van der Waals surface area contributed by atoms with Gasteiger partial charge in [0, 0.05) is 17.9 Å². The molecule has 0 saturated carbocycles. The van der Waals surface area contributed by atoms with Crippen molar-refractivity contribution in [1.82, 2.24) is 15.1 Å². The summed E-state index contributed by atoms with van der Waals surface area (Å²) >= 11 is 3.02. The molecular formula is C21H22N4OS2. The van der Waals surface area contributed by atoms with Gasteiger partial charge < -0.3 is 0 Å². The van der Waals surface area contributed by atoms with E-state index in [9.17, 15) is 4.79 Å². The lowest BCUT2D eigenvalue weighted by Gasteiger charge is -2.14. The molecule has 5 nitrogen and oxygen atoms in total. The van der Waals surface area contributed by atoms with Crippen LogP contribution < -0.4 is 5.32 Å². The van der Waals surface area contributed by atoms with Gasteiger partial charge in [0.05, 0.1) is 0 Å². The van der Waals surface area contributed by atoms with Crippen molar-refractivity contribution in [2.45, 2.75) is 29.5 Å². The van der Waals surface area contributed by atoms with Gasteiger partial charge in [-0.05, 0) is 49.2 Å². The van der Waals surface area contributed by atoms with Gasteiger partial charge in [0.1, 0.15) is 0 Å². The summed E-state index contributed by atoms with van der Waals surface area (Å²) in [5, 5.41) is 11.6. The highest BCUT2D eigenvalue weighted by molar-refractivity contribution is 8.00. The van der Waals surface area contributed by atoms with E-state index in [1.807, 2.05) is 42.5 Å². The van der Waals surface area contributed by atoms with Crippen LogP contribution >= 0.6 is 23.1 Å². The summed E-state index contributed by atoms with van der Waals surface area (Å²) < 4.78 is 0.847. The number of amides is 1. The first-order chi connectivity index (χ1) is 13.8. The molecule has 28 heavy (non-hydrogen) atoms. The van der Waals surface area contributed by atoms with E-state index >= 15 is 0 Å². The molecule has 0 atom stereocenters. The minimum atomic E-state index is -0.150. The minimum absolute atomic E-state index is 0.150. The van der Waals surface area contributed by atoms with Gasteiger partial charge in [0.2, 0.25) is 5.13 Å². The Morgan fingerprint density at radius 3 is 2.50 bits per heavy atom. The van der Waals surface area contributed by atoms with E-state index < -0.39 is 0 Å². The number of nitrogens with one attached hydrogen (secondary N) is 1. The van der Waals surface area contributed by atoms with Crippen molar-refractivity contribution >= 4 is 34.1 Å². The van der Waals surface area contributed by atoms with E-state index in [1.54, 1.807) is 11.8 Å². The summed E-state index contributed by atoms with van der Waals surface area (Å²) in [6.45, 7) is 3.30. The summed E-state index contributed by atoms with van der Waals surface area (Å²) in [6.07, 6.45) is 2.57. The average molecular weight is 411 g/mol. The van der Waals surface area contributed by atoms with Gasteiger partial charge in [0.15, 0.2) is 4.34 Å². The zero-order valence-corrected chi connectivity index (χ0v) is 17.1. The van der Waals surface area contributed by atoms with Gasteiger partial charge in [-0.15, -0.1) is 10.2 Å². The Kier molecular flexibility index (Phi) is 6.36. The molecule has 7 heteroatoms. The second-order valence-electron chi connectivity index (χ2n) is 6.78. The number of hydrogen-bond donors (Lipinski definition) is 1. The zero-order valence-electron chi connectivity index (χ0n) is 15.5. The monoisotopic (exact) mass is 410 g/mol. The molecule has 0 unspecified atom stereocenters. The Hall–Kier alpha value is -2.22. The minimum Gasteiger partial charge on any atom is -0.299 e. The van der Waals surface area contributed by atoms with Crippen molar-refractivity contribution in [3.63, 3.8) is 0 Å². The van der Waals surface area contributed by atoms with Crippen LogP contribution in [0.25, 0.3) is 0 Å². The lowest BCUT2D eigenvalue weighted by Crippen LogP contribution is -2.18. The van der Waals surface area contributed by atoms with Crippen LogP contribution in [-0.2, 0) is 12.3 Å². The SMILES string of the molecule is O=C(Nc1nnc(SCc2ccccc2)s1)c1ccc(CN2CCCC2)cc1. The smallest absolute Gasteiger partial charge is 0.257 e. The first-order valence-electron chi connectivity index (χ1n) is 9.39. The van der Waals surface area contributed by atoms with Crippen molar-refractivity contribution in [3.05, 3.63) is 71.3 Å². The van der Waals surface area contributed by atoms with E-state index in [1.165, 1.54) is 48.4 Å². The van der Waals surface area contributed by atoms with Crippen LogP contribution in [0, 0.1) is 0 Å². The zero-order chi connectivity index (χ0) is 19.2. The molecule has 1 fully saturated rings. The van der Waals surface area contributed by atoms with Crippen molar-refractivity contribution < 1.29 is 4.79 Å². The Bertz CT molecular complexity index is 906. The molecule has 144 valence electrons.